The summed E-state index contributed by atoms with van der Waals surface area (Å²) in [5.41, 5.74) is 2.46. The van der Waals surface area contributed by atoms with Crippen LogP contribution < -0.4 is 10.6 Å². The second-order valence-corrected chi connectivity index (χ2v) is 6.63. The Kier molecular flexibility index (Phi) is 7.79. The van der Waals surface area contributed by atoms with Gasteiger partial charge < -0.3 is 15.7 Å². The Labute approximate surface area is 148 Å². The molecule has 2 unspecified atom stereocenters. The highest BCUT2D eigenvalue weighted by molar-refractivity contribution is 7.07. The van der Waals surface area contributed by atoms with Gasteiger partial charge in [-0.25, -0.2) is 0 Å². The summed E-state index contributed by atoms with van der Waals surface area (Å²) in [7, 11) is 0. The molecule has 0 saturated heterocycles. The molecule has 3 N–H and O–H groups in total. The summed E-state index contributed by atoms with van der Waals surface area (Å²) in [6.07, 6.45) is 0. The molecule has 0 saturated carbocycles. The van der Waals surface area contributed by atoms with Crippen molar-refractivity contribution in [3.05, 3.63) is 58.3 Å². The van der Waals surface area contributed by atoms with E-state index in [9.17, 15) is 5.11 Å². The van der Waals surface area contributed by atoms with Crippen LogP contribution in [0.3, 0.4) is 0 Å². The molecule has 0 fully saturated rings. The molecule has 0 aliphatic carbocycles. The fraction of sp³-hybridized carbons (Fsp3) is 0.421. The minimum Gasteiger partial charge on any atom is -0.396 e. The number of aliphatic imine (C=N–C) groups is 1. The number of aliphatic hydroxyl groups is 1. The smallest absolute Gasteiger partial charge is 0.191 e. The minimum atomic E-state index is 0.0596. The normalized spacial score (nSPS) is 14.2. The van der Waals surface area contributed by atoms with E-state index in [1.165, 1.54) is 5.56 Å². The van der Waals surface area contributed by atoms with Gasteiger partial charge in [-0.2, -0.15) is 11.3 Å². The third-order valence-corrected chi connectivity index (χ3v) is 4.69. The topological polar surface area (TPSA) is 56.7 Å². The fourth-order valence-corrected chi connectivity index (χ4v) is 3.25. The molecule has 24 heavy (non-hydrogen) atoms. The molecule has 2 atom stereocenters. The first-order valence-electron chi connectivity index (χ1n) is 8.44. The van der Waals surface area contributed by atoms with Crippen LogP contribution in [-0.4, -0.2) is 37.3 Å². The van der Waals surface area contributed by atoms with Crippen molar-refractivity contribution in [2.75, 3.05) is 26.2 Å². The number of guanidine groups is 1. The molecule has 0 bridgehead atoms. The van der Waals surface area contributed by atoms with Gasteiger partial charge >= 0.3 is 0 Å². The van der Waals surface area contributed by atoms with Crippen molar-refractivity contribution in [2.24, 2.45) is 4.99 Å². The number of aliphatic hydroxyl groups excluding tert-OH is 1. The van der Waals surface area contributed by atoms with E-state index >= 15 is 0 Å². The zero-order valence-corrected chi connectivity index (χ0v) is 15.2. The molecule has 1 aromatic heterocycles. The van der Waals surface area contributed by atoms with E-state index in [2.05, 4.69) is 46.3 Å². The van der Waals surface area contributed by atoms with Gasteiger partial charge in [-0.1, -0.05) is 37.3 Å². The first kappa shape index (κ1) is 18.5. The molecule has 5 heteroatoms. The van der Waals surface area contributed by atoms with Crippen molar-refractivity contribution in [3.8, 4) is 0 Å². The molecule has 1 aromatic carbocycles. The van der Waals surface area contributed by atoms with Crippen molar-refractivity contribution < 1.29 is 5.11 Å². The third-order valence-electron chi connectivity index (χ3n) is 3.99. The van der Waals surface area contributed by atoms with Crippen LogP contribution in [0.1, 0.15) is 36.8 Å². The van der Waals surface area contributed by atoms with Gasteiger partial charge in [0.1, 0.15) is 0 Å². The summed E-state index contributed by atoms with van der Waals surface area (Å²) in [6, 6.07) is 12.2. The number of rotatable bonds is 8. The summed E-state index contributed by atoms with van der Waals surface area (Å²) in [6.45, 7) is 6.56. The van der Waals surface area contributed by atoms with Gasteiger partial charge in [0, 0.05) is 31.5 Å². The van der Waals surface area contributed by atoms with Gasteiger partial charge in [0.25, 0.3) is 0 Å². The van der Waals surface area contributed by atoms with Crippen molar-refractivity contribution in [3.63, 3.8) is 0 Å². The summed E-state index contributed by atoms with van der Waals surface area (Å²) < 4.78 is 0. The van der Waals surface area contributed by atoms with Crippen LogP contribution in [0.15, 0.2) is 52.2 Å². The highest BCUT2D eigenvalue weighted by atomic mass is 32.1. The van der Waals surface area contributed by atoms with E-state index < -0.39 is 0 Å². The zero-order valence-electron chi connectivity index (χ0n) is 14.4. The van der Waals surface area contributed by atoms with Crippen LogP contribution >= 0.6 is 11.3 Å². The maximum Gasteiger partial charge on any atom is 0.191 e. The molecule has 130 valence electrons. The van der Waals surface area contributed by atoms with Crippen LogP contribution in [0.5, 0.6) is 0 Å². The Morgan fingerprint density at radius 2 is 1.96 bits per heavy atom. The second-order valence-electron chi connectivity index (χ2n) is 5.85. The largest absolute Gasteiger partial charge is 0.396 e. The lowest BCUT2D eigenvalue weighted by Crippen LogP contribution is -2.40. The number of benzene rings is 1. The molecule has 0 aliphatic heterocycles. The summed E-state index contributed by atoms with van der Waals surface area (Å²) in [4.78, 5) is 4.69. The first-order valence-corrected chi connectivity index (χ1v) is 9.39. The highest BCUT2D eigenvalue weighted by Gasteiger charge is 2.11. The Morgan fingerprint density at radius 1 is 1.17 bits per heavy atom. The summed E-state index contributed by atoms with van der Waals surface area (Å²) >= 11 is 1.72. The van der Waals surface area contributed by atoms with Gasteiger partial charge in [0.05, 0.1) is 6.61 Å². The van der Waals surface area contributed by atoms with Gasteiger partial charge in [-0.05, 0) is 34.9 Å². The molecule has 0 spiro atoms. The van der Waals surface area contributed by atoms with E-state index in [1.54, 1.807) is 11.3 Å². The molecule has 2 rings (SSSR count). The lowest BCUT2D eigenvalue weighted by atomic mass is 10.0. The first-order chi connectivity index (χ1) is 11.7. The van der Waals surface area contributed by atoms with Crippen molar-refractivity contribution in [1.29, 1.82) is 0 Å². The van der Waals surface area contributed by atoms with Gasteiger partial charge in [0.15, 0.2) is 5.96 Å². The van der Waals surface area contributed by atoms with Gasteiger partial charge in [-0.3, -0.25) is 4.99 Å². The van der Waals surface area contributed by atoms with Crippen LogP contribution in [0, 0.1) is 0 Å². The van der Waals surface area contributed by atoms with E-state index in [4.69, 9.17) is 0 Å². The molecule has 0 amide bonds. The zero-order chi connectivity index (χ0) is 17.2. The SMILES string of the molecule is CCNC(=NCC(C)c1ccsc1)NCC(CO)c1ccccc1. The lowest BCUT2D eigenvalue weighted by Gasteiger charge is -2.18. The molecule has 2 aromatic rings. The van der Waals surface area contributed by atoms with Crippen molar-refractivity contribution in [2.45, 2.75) is 25.7 Å². The van der Waals surface area contributed by atoms with Crippen molar-refractivity contribution >= 4 is 17.3 Å². The summed E-state index contributed by atoms with van der Waals surface area (Å²) in [5.74, 6) is 1.26. The monoisotopic (exact) mass is 345 g/mol. The second kappa shape index (κ2) is 10.1. The molecule has 1 heterocycles. The van der Waals surface area contributed by atoms with Crippen LogP contribution in [0.25, 0.3) is 0 Å². The molecule has 0 radical (unpaired) electrons. The average molecular weight is 346 g/mol. The maximum atomic E-state index is 9.67. The van der Waals surface area contributed by atoms with Crippen LogP contribution in [0.2, 0.25) is 0 Å². The minimum absolute atomic E-state index is 0.0596. The predicted octanol–water partition coefficient (Wildman–Crippen LogP) is 3.18. The number of nitrogens with one attached hydrogen (secondary N) is 2. The summed E-state index contributed by atoms with van der Waals surface area (Å²) in [5, 5.41) is 20.6. The van der Waals surface area contributed by atoms with E-state index in [1.807, 2.05) is 30.3 Å². The lowest BCUT2D eigenvalue weighted by molar-refractivity contribution is 0.265. The Bertz CT molecular complexity index is 598. The molecular formula is C19H27N3OS. The predicted molar refractivity (Wildman–Crippen MR) is 103 cm³/mol. The maximum absolute atomic E-state index is 9.67. The van der Waals surface area contributed by atoms with Crippen molar-refractivity contribution in [1.82, 2.24) is 10.6 Å². The number of thiophene rings is 1. The number of nitrogens with zero attached hydrogens (tertiary/aromatic N) is 1. The van der Waals surface area contributed by atoms with Crippen LogP contribution in [0.4, 0.5) is 0 Å². The van der Waals surface area contributed by atoms with E-state index in [-0.39, 0.29) is 12.5 Å². The van der Waals surface area contributed by atoms with Gasteiger partial charge in [-0.15, -0.1) is 0 Å². The van der Waals surface area contributed by atoms with E-state index in [0.29, 0.717) is 12.5 Å². The number of hydrogen-bond donors (Lipinski definition) is 3. The van der Waals surface area contributed by atoms with Gasteiger partial charge in [0.2, 0.25) is 0 Å². The quantitative estimate of drug-likeness (QED) is 0.509. The Morgan fingerprint density at radius 3 is 2.58 bits per heavy atom. The third kappa shape index (κ3) is 5.65. The molecule has 0 aliphatic rings. The Balaban J connectivity index is 1.93. The fourth-order valence-electron chi connectivity index (χ4n) is 2.46. The molecular weight excluding hydrogens is 318 g/mol. The average Bonchev–Trinajstić information content (AvgIpc) is 3.15. The standard InChI is InChI=1S/C19H27N3OS/c1-3-20-19(21-11-15(2)17-9-10-24-14-17)22-12-18(13-23)16-7-5-4-6-8-16/h4-10,14-15,18,23H,3,11-13H2,1-2H3,(H2,20,21,22). The van der Waals surface area contributed by atoms with Crippen LogP contribution in [-0.2, 0) is 0 Å². The highest BCUT2D eigenvalue weighted by Crippen LogP contribution is 2.18. The number of hydrogen-bond acceptors (Lipinski definition) is 3. The van der Waals surface area contributed by atoms with E-state index in [0.717, 1.165) is 24.6 Å². The molecule has 4 nitrogen and oxygen atoms in total. The Hall–Kier alpha value is -1.85.